The second-order valence-corrected chi connectivity index (χ2v) is 7.78. The van der Waals surface area contributed by atoms with Crippen LogP contribution in [0.4, 0.5) is 21.9 Å². The zero-order chi connectivity index (χ0) is 23.8. The summed E-state index contributed by atoms with van der Waals surface area (Å²) in [5.41, 5.74) is 4.55. The summed E-state index contributed by atoms with van der Waals surface area (Å²) in [4.78, 5) is 38.2. The molecule has 2 heterocycles. The molecule has 2 aliphatic rings. The number of nitrogens with one attached hydrogen (secondary N) is 1. The van der Waals surface area contributed by atoms with Crippen molar-refractivity contribution < 1.29 is 24.6 Å². The molecule has 0 aliphatic carbocycles. The van der Waals surface area contributed by atoms with Crippen LogP contribution in [-0.2, 0) is 16.0 Å². The summed E-state index contributed by atoms with van der Waals surface area (Å²) < 4.78 is 0. The number of anilines is 3. The Morgan fingerprint density at radius 3 is 2.03 bits per heavy atom. The van der Waals surface area contributed by atoms with Crippen molar-refractivity contribution in [2.24, 2.45) is 0 Å². The molecule has 3 N–H and O–H groups in total. The number of carboxylic acid groups (broad SMARTS) is 2. The van der Waals surface area contributed by atoms with E-state index in [0.717, 1.165) is 50.5 Å². The van der Waals surface area contributed by atoms with Crippen LogP contribution in [0.15, 0.2) is 60.7 Å². The molecule has 2 aromatic carbocycles. The minimum absolute atomic E-state index is 0.00645. The molecule has 9 nitrogen and oxygen atoms in total. The average molecular weight is 453 g/mol. The van der Waals surface area contributed by atoms with E-state index in [1.165, 1.54) is 11.3 Å². The van der Waals surface area contributed by atoms with E-state index in [2.05, 4.69) is 52.5 Å². The number of hydrogen-bond donors (Lipinski definition) is 3. The lowest BCUT2D eigenvalue weighted by atomic mass is 10.2. The van der Waals surface area contributed by atoms with Crippen LogP contribution in [0.25, 0.3) is 0 Å². The maximum absolute atomic E-state index is 12.7. The van der Waals surface area contributed by atoms with Gasteiger partial charge in [-0.25, -0.2) is 14.4 Å². The number of hydrogen-bond acceptors (Lipinski definition) is 5. The molecule has 0 atom stereocenters. The zero-order valence-electron chi connectivity index (χ0n) is 18.5. The van der Waals surface area contributed by atoms with E-state index in [4.69, 9.17) is 10.2 Å². The fraction of sp³-hybridized carbons (Fsp3) is 0.292. The smallest absolute Gasteiger partial charge is 0.328 e. The van der Waals surface area contributed by atoms with Crippen LogP contribution < -0.4 is 10.2 Å². The summed E-state index contributed by atoms with van der Waals surface area (Å²) in [7, 11) is 2.09. The molecule has 0 saturated carbocycles. The highest BCUT2D eigenvalue weighted by Gasteiger charge is 2.24. The van der Waals surface area contributed by atoms with E-state index >= 15 is 0 Å². The molecule has 1 fully saturated rings. The van der Waals surface area contributed by atoms with Crippen LogP contribution in [0.2, 0.25) is 0 Å². The van der Waals surface area contributed by atoms with Crippen molar-refractivity contribution >= 4 is 35.0 Å². The molecule has 33 heavy (non-hydrogen) atoms. The number of carboxylic acids is 2. The number of nitrogens with zero attached hydrogens (tertiary/aromatic N) is 3. The molecular formula is C24H28N4O5. The first-order chi connectivity index (χ1) is 15.8. The maximum atomic E-state index is 12.7. The summed E-state index contributed by atoms with van der Waals surface area (Å²) >= 11 is 0. The van der Waals surface area contributed by atoms with Gasteiger partial charge in [-0.2, -0.15) is 0 Å². The van der Waals surface area contributed by atoms with Crippen LogP contribution in [0, 0.1) is 0 Å². The van der Waals surface area contributed by atoms with E-state index in [0.29, 0.717) is 12.2 Å². The molecule has 1 saturated heterocycles. The Hall–Kier alpha value is -3.85. The lowest BCUT2D eigenvalue weighted by molar-refractivity contribution is -0.134. The highest BCUT2D eigenvalue weighted by atomic mass is 16.4. The lowest BCUT2D eigenvalue weighted by Crippen LogP contribution is -2.48. The number of carbonyl (C=O) groups is 3. The van der Waals surface area contributed by atoms with Gasteiger partial charge in [0.15, 0.2) is 0 Å². The predicted octanol–water partition coefficient (Wildman–Crippen LogP) is 2.87. The van der Waals surface area contributed by atoms with Crippen molar-refractivity contribution in [3.63, 3.8) is 0 Å². The first-order valence-corrected chi connectivity index (χ1v) is 10.7. The first-order valence-electron chi connectivity index (χ1n) is 10.7. The van der Waals surface area contributed by atoms with E-state index in [-0.39, 0.29) is 6.03 Å². The molecule has 0 spiro atoms. The van der Waals surface area contributed by atoms with Crippen LogP contribution in [-0.4, -0.2) is 77.8 Å². The third-order valence-corrected chi connectivity index (χ3v) is 5.48. The van der Waals surface area contributed by atoms with Gasteiger partial charge in [0.2, 0.25) is 0 Å². The number of fused-ring (bicyclic) bond motifs is 1. The standard InChI is InChI=1S/C20H24N4O.C4H4O4/c1-22-12-14-23(15-13-22)20(25)21-17-7-3-5-9-19(17)24-11-10-16-6-2-4-8-18(16)24;5-3(6)1-2-4(7)8/h2-9H,10-15H2,1H3,(H,21,25);1-2H,(H,5,6)(H,7,8). The summed E-state index contributed by atoms with van der Waals surface area (Å²) in [6.07, 6.45) is 2.15. The summed E-state index contributed by atoms with van der Waals surface area (Å²) in [5.74, 6) is -2.51. The van der Waals surface area contributed by atoms with E-state index in [1.54, 1.807) is 0 Å². The van der Waals surface area contributed by atoms with Crippen LogP contribution in [0.1, 0.15) is 5.56 Å². The number of rotatable bonds is 4. The minimum Gasteiger partial charge on any atom is -0.478 e. The third kappa shape index (κ3) is 6.56. The molecule has 0 unspecified atom stereocenters. The fourth-order valence-electron chi connectivity index (χ4n) is 3.75. The number of benzene rings is 2. The van der Waals surface area contributed by atoms with Gasteiger partial charge in [-0.3, -0.25) is 0 Å². The summed E-state index contributed by atoms with van der Waals surface area (Å²) in [6, 6.07) is 16.6. The number of carbonyl (C=O) groups excluding carboxylic acids is 1. The average Bonchev–Trinajstić information content (AvgIpc) is 3.23. The first kappa shape index (κ1) is 23.8. The van der Waals surface area contributed by atoms with Gasteiger partial charge in [0.25, 0.3) is 0 Å². The zero-order valence-corrected chi connectivity index (χ0v) is 18.5. The largest absolute Gasteiger partial charge is 0.478 e. The van der Waals surface area contributed by atoms with Crippen molar-refractivity contribution in [3.8, 4) is 0 Å². The number of likely N-dealkylation sites (N-methyl/N-ethyl adjacent to an activating group) is 1. The second kappa shape index (κ2) is 11.1. The molecular weight excluding hydrogens is 424 g/mol. The van der Waals surface area contributed by atoms with Crippen molar-refractivity contribution in [2.75, 3.05) is 50.0 Å². The van der Waals surface area contributed by atoms with Gasteiger partial charge in [0, 0.05) is 50.6 Å². The second-order valence-electron chi connectivity index (χ2n) is 7.78. The van der Waals surface area contributed by atoms with Crippen molar-refractivity contribution in [1.82, 2.24) is 9.80 Å². The molecule has 0 bridgehead atoms. The monoisotopic (exact) mass is 452 g/mol. The SMILES string of the molecule is CN1CCN(C(=O)Nc2ccccc2N2CCc3ccccc32)CC1.O=C(O)C=CC(=O)O. The Kier molecular flexibility index (Phi) is 8.04. The highest BCUT2D eigenvalue weighted by Crippen LogP contribution is 2.38. The van der Waals surface area contributed by atoms with E-state index in [1.807, 2.05) is 23.1 Å². The lowest BCUT2D eigenvalue weighted by Gasteiger charge is -2.33. The molecule has 174 valence electrons. The molecule has 0 aromatic heterocycles. The third-order valence-electron chi connectivity index (χ3n) is 5.48. The van der Waals surface area contributed by atoms with Gasteiger partial charge in [0.05, 0.1) is 11.4 Å². The maximum Gasteiger partial charge on any atom is 0.328 e. The molecule has 0 radical (unpaired) electrons. The number of urea groups is 1. The van der Waals surface area contributed by atoms with Crippen molar-refractivity contribution in [2.45, 2.75) is 6.42 Å². The van der Waals surface area contributed by atoms with Crippen LogP contribution >= 0.6 is 0 Å². The Morgan fingerprint density at radius 1 is 0.818 bits per heavy atom. The topological polar surface area (TPSA) is 113 Å². The van der Waals surface area contributed by atoms with Crippen molar-refractivity contribution in [1.29, 1.82) is 0 Å². The fourth-order valence-corrected chi connectivity index (χ4v) is 3.75. The summed E-state index contributed by atoms with van der Waals surface area (Å²) in [5, 5.41) is 18.8. The van der Waals surface area contributed by atoms with E-state index in [9.17, 15) is 14.4 Å². The summed E-state index contributed by atoms with van der Waals surface area (Å²) in [6.45, 7) is 4.35. The Labute approximate surface area is 192 Å². The van der Waals surface area contributed by atoms with Gasteiger partial charge in [-0.1, -0.05) is 30.3 Å². The van der Waals surface area contributed by atoms with Gasteiger partial charge in [-0.05, 0) is 37.2 Å². The minimum atomic E-state index is -1.26. The molecule has 9 heteroatoms. The molecule has 4 rings (SSSR count). The number of piperazine rings is 1. The van der Waals surface area contributed by atoms with Gasteiger partial charge < -0.3 is 30.2 Å². The number of para-hydroxylation sites is 3. The highest BCUT2D eigenvalue weighted by molar-refractivity contribution is 5.94. The Balaban J connectivity index is 0.000000331. The number of aliphatic carboxylic acids is 2. The molecule has 2 aromatic rings. The Morgan fingerprint density at radius 2 is 1.39 bits per heavy atom. The predicted molar refractivity (Wildman–Crippen MR) is 126 cm³/mol. The van der Waals surface area contributed by atoms with Crippen molar-refractivity contribution in [3.05, 3.63) is 66.2 Å². The number of amides is 2. The van der Waals surface area contributed by atoms with Crippen LogP contribution in [0.5, 0.6) is 0 Å². The normalized spacial score (nSPS) is 15.5. The van der Waals surface area contributed by atoms with Gasteiger partial charge >= 0.3 is 18.0 Å². The molecule has 2 aliphatic heterocycles. The quantitative estimate of drug-likeness (QED) is 0.612. The van der Waals surface area contributed by atoms with E-state index < -0.39 is 11.9 Å². The Bertz CT molecular complexity index is 1020. The molecule has 2 amide bonds. The van der Waals surface area contributed by atoms with Crippen LogP contribution in [0.3, 0.4) is 0 Å². The van der Waals surface area contributed by atoms with Gasteiger partial charge in [0.1, 0.15) is 0 Å². The van der Waals surface area contributed by atoms with Gasteiger partial charge in [-0.15, -0.1) is 0 Å².